The van der Waals surface area contributed by atoms with Gasteiger partial charge in [-0.2, -0.15) is 0 Å². The number of hydrogen-bond acceptors (Lipinski definition) is 2. The van der Waals surface area contributed by atoms with Crippen LogP contribution >= 0.6 is 0 Å². The van der Waals surface area contributed by atoms with Crippen LogP contribution in [0.5, 0.6) is 0 Å². The van der Waals surface area contributed by atoms with Crippen LogP contribution in [0.2, 0.25) is 0 Å². The zero-order valence-electron chi connectivity index (χ0n) is 6.80. The topological polar surface area (TPSA) is 74.6 Å². The number of hydrogen-bond donors (Lipinski definition) is 2. The van der Waals surface area contributed by atoms with E-state index in [1.807, 2.05) is 0 Å². The van der Waals surface area contributed by atoms with Crippen molar-refractivity contribution in [3.05, 3.63) is 0 Å². The van der Waals surface area contributed by atoms with Crippen LogP contribution in [0.3, 0.4) is 0 Å². The molecule has 0 bridgehead atoms. The fourth-order valence-corrected chi connectivity index (χ4v) is 0.808. The number of aliphatic carboxylic acids is 2. The van der Waals surface area contributed by atoms with Gasteiger partial charge >= 0.3 is 11.9 Å². The van der Waals surface area contributed by atoms with Gasteiger partial charge in [0.25, 0.3) is 5.92 Å². The van der Waals surface area contributed by atoms with Gasteiger partial charge in [0.05, 0.1) is 0 Å². The van der Waals surface area contributed by atoms with Gasteiger partial charge in [-0.05, 0) is 6.42 Å². The third kappa shape index (κ3) is 7.17. The number of alkyl halides is 2. The molecule has 0 fully saturated rings. The molecule has 0 amide bonds. The molecule has 6 heteroatoms. The van der Waals surface area contributed by atoms with Crippen molar-refractivity contribution in [1.82, 2.24) is 0 Å². The van der Waals surface area contributed by atoms with E-state index < -0.39 is 30.7 Å². The largest absolute Gasteiger partial charge is 0.481 e. The summed E-state index contributed by atoms with van der Waals surface area (Å²) in [6, 6.07) is 0. The Bertz CT molecular complexity index is 203. The SMILES string of the molecule is O=C(O)CCCC(F)(F)CC(=O)O. The Labute approximate surface area is 73.2 Å². The average molecular weight is 196 g/mol. The van der Waals surface area contributed by atoms with Crippen molar-refractivity contribution in [1.29, 1.82) is 0 Å². The van der Waals surface area contributed by atoms with E-state index in [1.165, 1.54) is 0 Å². The molecule has 2 N–H and O–H groups in total. The van der Waals surface area contributed by atoms with E-state index in [4.69, 9.17) is 10.2 Å². The summed E-state index contributed by atoms with van der Waals surface area (Å²) >= 11 is 0. The van der Waals surface area contributed by atoms with Gasteiger partial charge in [-0.25, -0.2) is 8.78 Å². The van der Waals surface area contributed by atoms with Crippen molar-refractivity contribution in [2.45, 2.75) is 31.6 Å². The Hall–Kier alpha value is -1.20. The normalized spacial score (nSPS) is 11.2. The first kappa shape index (κ1) is 11.8. The van der Waals surface area contributed by atoms with Gasteiger partial charge in [0.2, 0.25) is 0 Å². The molecule has 0 heterocycles. The number of carboxylic acid groups (broad SMARTS) is 2. The summed E-state index contributed by atoms with van der Waals surface area (Å²) in [5.41, 5.74) is 0. The first-order valence-corrected chi connectivity index (χ1v) is 3.65. The minimum Gasteiger partial charge on any atom is -0.481 e. The Balaban J connectivity index is 3.75. The molecular weight excluding hydrogens is 186 g/mol. The summed E-state index contributed by atoms with van der Waals surface area (Å²) in [4.78, 5) is 19.9. The van der Waals surface area contributed by atoms with Crippen molar-refractivity contribution in [3.8, 4) is 0 Å². The van der Waals surface area contributed by atoms with Gasteiger partial charge in [-0.15, -0.1) is 0 Å². The van der Waals surface area contributed by atoms with Gasteiger partial charge in [0, 0.05) is 12.8 Å². The van der Waals surface area contributed by atoms with Gasteiger partial charge < -0.3 is 10.2 Å². The molecule has 0 rings (SSSR count). The Morgan fingerprint density at radius 2 is 1.69 bits per heavy atom. The zero-order valence-corrected chi connectivity index (χ0v) is 6.80. The molecule has 0 radical (unpaired) electrons. The average Bonchev–Trinajstić information content (AvgIpc) is 1.81. The van der Waals surface area contributed by atoms with E-state index in [0.29, 0.717) is 0 Å². The summed E-state index contributed by atoms with van der Waals surface area (Å²) in [7, 11) is 0. The summed E-state index contributed by atoms with van der Waals surface area (Å²) in [5.74, 6) is -6.05. The highest BCUT2D eigenvalue weighted by Crippen LogP contribution is 2.24. The molecule has 13 heavy (non-hydrogen) atoms. The van der Waals surface area contributed by atoms with Crippen LogP contribution in [-0.4, -0.2) is 28.1 Å². The van der Waals surface area contributed by atoms with E-state index >= 15 is 0 Å². The molecule has 76 valence electrons. The standard InChI is InChI=1S/C7H10F2O4/c8-7(9,4-6(12)13)3-1-2-5(10)11/h1-4H2,(H,10,11)(H,12,13). The predicted molar refractivity (Wildman–Crippen MR) is 38.7 cm³/mol. The van der Waals surface area contributed by atoms with E-state index in [9.17, 15) is 18.4 Å². The fraction of sp³-hybridized carbons (Fsp3) is 0.714. The Morgan fingerprint density at radius 3 is 2.08 bits per heavy atom. The lowest BCUT2D eigenvalue weighted by molar-refractivity contribution is -0.145. The maximum Gasteiger partial charge on any atom is 0.309 e. The fourth-order valence-electron chi connectivity index (χ4n) is 0.808. The van der Waals surface area contributed by atoms with E-state index in [-0.39, 0.29) is 12.8 Å². The number of carbonyl (C=O) groups is 2. The van der Waals surface area contributed by atoms with Crippen molar-refractivity contribution in [2.24, 2.45) is 0 Å². The number of rotatable bonds is 6. The quantitative estimate of drug-likeness (QED) is 0.672. The maximum absolute atomic E-state index is 12.6. The lowest BCUT2D eigenvalue weighted by atomic mass is 10.1. The van der Waals surface area contributed by atoms with Crippen LogP contribution in [0.15, 0.2) is 0 Å². The van der Waals surface area contributed by atoms with Crippen molar-refractivity contribution in [2.75, 3.05) is 0 Å². The molecule has 0 aromatic heterocycles. The molecule has 0 atom stereocenters. The van der Waals surface area contributed by atoms with Crippen LogP contribution in [0, 0.1) is 0 Å². The molecule has 0 aliphatic rings. The monoisotopic (exact) mass is 196 g/mol. The van der Waals surface area contributed by atoms with Crippen LogP contribution in [-0.2, 0) is 9.59 Å². The molecule has 0 spiro atoms. The highest BCUT2D eigenvalue weighted by atomic mass is 19.3. The Kier molecular flexibility index (Phi) is 4.30. The zero-order chi connectivity index (χ0) is 10.5. The number of carboxylic acids is 2. The molecule has 0 aromatic carbocycles. The highest BCUT2D eigenvalue weighted by Gasteiger charge is 2.31. The lowest BCUT2D eigenvalue weighted by Gasteiger charge is -2.12. The van der Waals surface area contributed by atoms with Crippen LogP contribution in [0.4, 0.5) is 8.78 Å². The second kappa shape index (κ2) is 4.74. The highest BCUT2D eigenvalue weighted by molar-refractivity contribution is 5.68. The second-order valence-corrected chi connectivity index (χ2v) is 2.67. The van der Waals surface area contributed by atoms with Gasteiger partial charge in [-0.3, -0.25) is 9.59 Å². The third-order valence-electron chi connectivity index (χ3n) is 1.34. The summed E-state index contributed by atoms with van der Waals surface area (Å²) in [6.45, 7) is 0. The van der Waals surface area contributed by atoms with Crippen molar-refractivity contribution in [3.63, 3.8) is 0 Å². The molecule has 0 saturated carbocycles. The van der Waals surface area contributed by atoms with Crippen LogP contribution in [0.25, 0.3) is 0 Å². The van der Waals surface area contributed by atoms with E-state index in [1.54, 1.807) is 0 Å². The van der Waals surface area contributed by atoms with Crippen LogP contribution in [0.1, 0.15) is 25.7 Å². The van der Waals surface area contributed by atoms with Crippen LogP contribution < -0.4 is 0 Å². The van der Waals surface area contributed by atoms with E-state index in [0.717, 1.165) is 0 Å². The lowest BCUT2D eigenvalue weighted by Crippen LogP contribution is -2.21. The molecule has 4 nitrogen and oxygen atoms in total. The molecule has 0 aromatic rings. The third-order valence-corrected chi connectivity index (χ3v) is 1.34. The molecule has 0 aliphatic heterocycles. The molecule has 0 aliphatic carbocycles. The minimum absolute atomic E-state index is 0.213. The molecular formula is C7H10F2O4. The smallest absolute Gasteiger partial charge is 0.309 e. The summed E-state index contributed by atoms with van der Waals surface area (Å²) < 4.78 is 25.1. The van der Waals surface area contributed by atoms with Crippen molar-refractivity contribution < 1.29 is 28.6 Å². The first-order valence-electron chi connectivity index (χ1n) is 3.65. The molecule has 0 unspecified atom stereocenters. The summed E-state index contributed by atoms with van der Waals surface area (Å²) in [5, 5.41) is 16.2. The van der Waals surface area contributed by atoms with Gasteiger partial charge in [-0.1, -0.05) is 0 Å². The van der Waals surface area contributed by atoms with Gasteiger partial charge in [0.15, 0.2) is 0 Å². The molecule has 0 saturated heterocycles. The van der Waals surface area contributed by atoms with Crippen molar-refractivity contribution >= 4 is 11.9 Å². The summed E-state index contributed by atoms with van der Waals surface area (Å²) in [6.07, 6.45) is -2.52. The minimum atomic E-state index is -3.30. The maximum atomic E-state index is 12.6. The predicted octanol–water partition coefficient (Wildman–Crippen LogP) is 1.35. The van der Waals surface area contributed by atoms with E-state index in [2.05, 4.69) is 0 Å². The number of halogens is 2. The Morgan fingerprint density at radius 1 is 1.15 bits per heavy atom. The second-order valence-electron chi connectivity index (χ2n) is 2.67. The van der Waals surface area contributed by atoms with Gasteiger partial charge in [0.1, 0.15) is 6.42 Å². The first-order chi connectivity index (χ1) is 5.83.